The number of halogens is 1. The van der Waals surface area contributed by atoms with Gasteiger partial charge in [-0.05, 0) is 32.9 Å². The second-order valence-electron chi connectivity index (χ2n) is 5.49. The van der Waals surface area contributed by atoms with Crippen LogP contribution in [-0.2, 0) is 9.84 Å². The number of sulfone groups is 1. The van der Waals surface area contributed by atoms with Gasteiger partial charge in [-0.3, -0.25) is 0 Å². The van der Waals surface area contributed by atoms with Crippen LogP contribution in [0.5, 0.6) is 5.75 Å². The Balaban J connectivity index is 2.91. The van der Waals surface area contributed by atoms with Crippen molar-refractivity contribution in [2.45, 2.75) is 31.6 Å². The van der Waals surface area contributed by atoms with E-state index >= 15 is 0 Å². The Kier molecular flexibility index (Phi) is 5.15. The van der Waals surface area contributed by atoms with Gasteiger partial charge in [0.1, 0.15) is 11.6 Å². The molecule has 1 aromatic rings. The zero-order valence-corrected chi connectivity index (χ0v) is 13.3. The first-order chi connectivity index (χ1) is 9.10. The fourth-order valence-electron chi connectivity index (χ4n) is 1.75. The minimum atomic E-state index is -3.19. The Morgan fingerprint density at radius 2 is 2.00 bits per heavy atom. The fraction of sp³-hybridized carbons (Fsp3) is 0.571. The van der Waals surface area contributed by atoms with Gasteiger partial charge in [-0.25, -0.2) is 12.8 Å². The van der Waals surface area contributed by atoms with Gasteiger partial charge in [-0.15, -0.1) is 0 Å². The van der Waals surface area contributed by atoms with E-state index in [1.807, 2.05) is 0 Å². The second kappa shape index (κ2) is 6.10. The lowest BCUT2D eigenvalue weighted by Crippen LogP contribution is -2.42. The topological polar surface area (TPSA) is 55.4 Å². The van der Waals surface area contributed by atoms with E-state index in [1.54, 1.807) is 32.9 Å². The van der Waals surface area contributed by atoms with Gasteiger partial charge in [0.05, 0.1) is 11.9 Å². The maximum Gasteiger partial charge on any atom is 0.153 e. The zero-order valence-electron chi connectivity index (χ0n) is 12.5. The molecule has 20 heavy (non-hydrogen) atoms. The van der Waals surface area contributed by atoms with E-state index in [0.717, 1.165) is 0 Å². The molecule has 1 aromatic carbocycles. The summed E-state index contributed by atoms with van der Waals surface area (Å²) in [4.78, 5) is 0. The summed E-state index contributed by atoms with van der Waals surface area (Å²) in [6.45, 7) is 5.28. The molecule has 0 aliphatic heterocycles. The lowest BCUT2D eigenvalue weighted by atomic mass is 10.1. The molecule has 0 heterocycles. The molecule has 1 atom stereocenters. The van der Waals surface area contributed by atoms with E-state index in [1.165, 1.54) is 19.4 Å². The lowest BCUT2D eigenvalue weighted by molar-refractivity contribution is 0.391. The quantitative estimate of drug-likeness (QED) is 0.876. The van der Waals surface area contributed by atoms with Gasteiger partial charge in [0.2, 0.25) is 0 Å². The van der Waals surface area contributed by atoms with Crippen LogP contribution in [0.3, 0.4) is 0 Å². The Hall–Kier alpha value is -1.14. The van der Waals surface area contributed by atoms with Crippen molar-refractivity contribution < 1.29 is 17.5 Å². The van der Waals surface area contributed by atoms with E-state index in [4.69, 9.17) is 4.74 Å². The normalized spacial score (nSPS) is 14.1. The SMILES string of the molecule is COc1cccc(F)c1C(C)NCC(C)(C)S(C)(=O)=O. The van der Waals surface area contributed by atoms with Crippen LogP contribution >= 0.6 is 0 Å². The predicted octanol–water partition coefficient (Wildman–Crippen LogP) is 2.31. The Morgan fingerprint density at radius 3 is 2.50 bits per heavy atom. The second-order valence-corrected chi connectivity index (χ2v) is 8.14. The summed E-state index contributed by atoms with van der Waals surface area (Å²) in [6, 6.07) is 4.26. The molecule has 0 aliphatic carbocycles. The van der Waals surface area contributed by atoms with Crippen molar-refractivity contribution in [1.82, 2.24) is 5.32 Å². The number of nitrogens with one attached hydrogen (secondary N) is 1. The largest absolute Gasteiger partial charge is 0.496 e. The van der Waals surface area contributed by atoms with Gasteiger partial charge in [-0.1, -0.05) is 6.07 Å². The van der Waals surface area contributed by atoms with Crippen LogP contribution in [0, 0.1) is 5.82 Å². The molecule has 1 unspecified atom stereocenters. The summed E-state index contributed by atoms with van der Waals surface area (Å²) in [5.41, 5.74) is 0.402. The minimum absolute atomic E-state index is 0.227. The minimum Gasteiger partial charge on any atom is -0.496 e. The molecule has 1 rings (SSSR count). The number of benzene rings is 1. The van der Waals surface area contributed by atoms with Crippen molar-refractivity contribution in [3.05, 3.63) is 29.6 Å². The van der Waals surface area contributed by atoms with Gasteiger partial charge in [0.25, 0.3) is 0 Å². The highest BCUT2D eigenvalue weighted by molar-refractivity contribution is 7.92. The number of hydrogen-bond acceptors (Lipinski definition) is 4. The third kappa shape index (κ3) is 3.70. The van der Waals surface area contributed by atoms with E-state index < -0.39 is 14.6 Å². The first kappa shape index (κ1) is 16.9. The van der Waals surface area contributed by atoms with Crippen LogP contribution < -0.4 is 10.1 Å². The Labute approximate surface area is 120 Å². The van der Waals surface area contributed by atoms with Gasteiger partial charge in [0, 0.05) is 24.4 Å². The number of methoxy groups -OCH3 is 1. The van der Waals surface area contributed by atoms with Crippen molar-refractivity contribution in [2.24, 2.45) is 0 Å². The van der Waals surface area contributed by atoms with Crippen molar-refractivity contribution in [2.75, 3.05) is 19.9 Å². The van der Waals surface area contributed by atoms with E-state index in [-0.39, 0.29) is 18.4 Å². The average Bonchev–Trinajstić information content (AvgIpc) is 2.34. The summed E-state index contributed by atoms with van der Waals surface area (Å²) < 4.78 is 41.4. The molecule has 0 spiro atoms. The smallest absolute Gasteiger partial charge is 0.153 e. The maximum absolute atomic E-state index is 13.9. The molecule has 0 aromatic heterocycles. The first-order valence-corrected chi connectivity index (χ1v) is 8.24. The summed E-state index contributed by atoms with van der Waals surface area (Å²) in [5, 5.41) is 3.06. The summed E-state index contributed by atoms with van der Waals surface area (Å²) >= 11 is 0. The van der Waals surface area contributed by atoms with E-state index in [0.29, 0.717) is 11.3 Å². The standard InChI is InChI=1S/C14H22FNO3S/c1-10(16-9-14(2,3)20(5,17)18)13-11(15)7-6-8-12(13)19-4/h6-8,10,16H,9H2,1-5H3. The molecule has 6 heteroatoms. The lowest BCUT2D eigenvalue weighted by Gasteiger charge is -2.26. The highest BCUT2D eigenvalue weighted by Gasteiger charge is 2.30. The van der Waals surface area contributed by atoms with Crippen LogP contribution in [-0.4, -0.2) is 33.1 Å². The molecule has 1 N–H and O–H groups in total. The third-order valence-electron chi connectivity index (χ3n) is 3.50. The van der Waals surface area contributed by atoms with Gasteiger partial charge < -0.3 is 10.1 Å². The summed E-state index contributed by atoms with van der Waals surface area (Å²) in [6.07, 6.45) is 1.20. The molecule has 0 amide bonds. The highest BCUT2D eigenvalue weighted by Crippen LogP contribution is 2.28. The van der Waals surface area contributed by atoms with Crippen LogP contribution in [0.4, 0.5) is 4.39 Å². The zero-order chi connectivity index (χ0) is 15.6. The molecule has 0 bridgehead atoms. The molecule has 0 fully saturated rings. The van der Waals surface area contributed by atoms with Crippen molar-refractivity contribution in [3.63, 3.8) is 0 Å². The third-order valence-corrected chi connectivity index (χ3v) is 5.66. The molecule has 0 saturated carbocycles. The predicted molar refractivity (Wildman–Crippen MR) is 78.3 cm³/mol. The fourth-order valence-corrected chi connectivity index (χ4v) is 2.09. The van der Waals surface area contributed by atoms with Gasteiger partial charge >= 0.3 is 0 Å². The van der Waals surface area contributed by atoms with Crippen molar-refractivity contribution >= 4 is 9.84 Å². The highest BCUT2D eigenvalue weighted by atomic mass is 32.2. The molecular formula is C14H22FNO3S. The first-order valence-electron chi connectivity index (χ1n) is 6.35. The number of hydrogen-bond donors (Lipinski definition) is 1. The molecule has 0 aliphatic rings. The Bertz CT molecular complexity index is 570. The molecular weight excluding hydrogens is 281 g/mol. The number of ether oxygens (including phenoxy) is 1. The average molecular weight is 303 g/mol. The van der Waals surface area contributed by atoms with Gasteiger partial charge in [0.15, 0.2) is 9.84 Å². The van der Waals surface area contributed by atoms with Crippen LogP contribution in [0.15, 0.2) is 18.2 Å². The molecule has 114 valence electrons. The van der Waals surface area contributed by atoms with Crippen molar-refractivity contribution in [1.29, 1.82) is 0 Å². The van der Waals surface area contributed by atoms with Crippen LogP contribution in [0.2, 0.25) is 0 Å². The Morgan fingerprint density at radius 1 is 1.40 bits per heavy atom. The van der Waals surface area contributed by atoms with Crippen molar-refractivity contribution in [3.8, 4) is 5.75 Å². The monoisotopic (exact) mass is 303 g/mol. The van der Waals surface area contributed by atoms with Crippen LogP contribution in [0.25, 0.3) is 0 Å². The molecule has 4 nitrogen and oxygen atoms in total. The molecule has 0 saturated heterocycles. The molecule has 0 radical (unpaired) electrons. The summed E-state index contributed by atoms with van der Waals surface area (Å²) in [5.74, 6) is 0.0728. The maximum atomic E-state index is 13.9. The van der Waals surface area contributed by atoms with Crippen LogP contribution in [0.1, 0.15) is 32.4 Å². The van der Waals surface area contributed by atoms with E-state index in [2.05, 4.69) is 5.32 Å². The van der Waals surface area contributed by atoms with Gasteiger partial charge in [-0.2, -0.15) is 0 Å². The summed E-state index contributed by atoms with van der Waals surface area (Å²) in [7, 11) is -1.72. The van der Waals surface area contributed by atoms with E-state index in [9.17, 15) is 12.8 Å². The number of rotatable bonds is 6.